The number of rotatable bonds is 8. The van der Waals surface area contributed by atoms with Crippen LogP contribution in [0, 0.1) is 0 Å². The molecule has 0 bridgehead atoms. The monoisotopic (exact) mass is 463 g/mol. The summed E-state index contributed by atoms with van der Waals surface area (Å²) >= 11 is 0. The van der Waals surface area contributed by atoms with Gasteiger partial charge in [-0.05, 0) is 32.9 Å². The van der Waals surface area contributed by atoms with Crippen molar-refractivity contribution < 1.29 is 22.1 Å². The number of halogens is 3. The van der Waals surface area contributed by atoms with Gasteiger partial charge >= 0.3 is 6.18 Å². The molecule has 0 saturated carbocycles. The average molecular weight is 464 g/mol. The summed E-state index contributed by atoms with van der Waals surface area (Å²) in [7, 11) is -2.87. The SMILES string of the molecule is CC(C)(C)S(=O)N[C@H](c1ccc(OCC(F)(F)F)cn1)c1cn(C[Si](C)(C)C)nn1. The van der Waals surface area contributed by atoms with Crippen molar-refractivity contribution in [3.8, 4) is 5.75 Å². The van der Waals surface area contributed by atoms with E-state index in [1.54, 1.807) is 10.9 Å². The average Bonchev–Trinajstić information content (AvgIpc) is 3.03. The lowest BCUT2D eigenvalue weighted by Crippen LogP contribution is -2.36. The van der Waals surface area contributed by atoms with Gasteiger partial charge in [0.1, 0.15) is 17.5 Å². The van der Waals surface area contributed by atoms with Crippen LogP contribution < -0.4 is 9.46 Å². The van der Waals surface area contributed by atoms with Crippen molar-refractivity contribution >= 4 is 19.1 Å². The van der Waals surface area contributed by atoms with Crippen LogP contribution in [-0.2, 0) is 17.2 Å². The minimum Gasteiger partial charge on any atom is -0.483 e. The van der Waals surface area contributed by atoms with E-state index in [1.807, 2.05) is 20.8 Å². The third kappa shape index (κ3) is 7.80. The maximum atomic E-state index is 12.7. The first-order valence-corrected chi connectivity index (χ1v) is 14.2. The second kappa shape index (κ2) is 9.14. The second-order valence-electron chi connectivity index (χ2n) is 9.16. The van der Waals surface area contributed by atoms with Crippen molar-refractivity contribution in [1.29, 1.82) is 0 Å². The minimum absolute atomic E-state index is 0.00541. The molecule has 0 aromatic carbocycles. The van der Waals surface area contributed by atoms with Gasteiger partial charge in [-0.3, -0.25) is 9.67 Å². The molecule has 2 aromatic heterocycles. The number of pyridine rings is 1. The van der Waals surface area contributed by atoms with Crippen LogP contribution in [0.15, 0.2) is 24.5 Å². The molecule has 168 valence electrons. The van der Waals surface area contributed by atoms with Crippen molar-refractivity contribution in [2.45, 2.75) is 63.5 Å². The van der Waals surface area contributed by atoms with Gasteiger partial charge in [0.2, 0.25) is 0 Å². The fourth-order valence-corrected chi connectivity index (χ4v) is 4.31. The molecular weight excluding hydrogens is 435 g/mol. The lowest BCUT2D eigenvalue weighted by molar-refractivity contribution is -0.153. The molecule has 12 heteroatoms. The zero-order chi connectivity index (χ0) is 22.7. The van der Waals surface area contributed by atoms with E-state index in [1.165, 1.54) is 18.3 Å². The van der Waals surface area contributed by atoms with Crippen LogP contribution >= 0.6 is 0 Å². The van der Waals surface area contributed by atoms with Crippen LogP contribution in [0.3, 0.4) is 0 Å². The Balaban J connectivity index is 2.29. The highest BCUT2D eigenvalue weighted by Gasteiger charge is 2.29. The predicted molar refractivity (Wildman–Crippen MR) is 112 cm³/mol. The van der Waals surface area contributed by atoms with Gasteiger partial charge in [-0.1, -0.05) is 24.9 Å². The van der Waals surface area contributed by atoms with Crippen LogP contribution in [0.2, 0.25) is 19.6 Å². The summed E-state index contributed by atoms with van der Waals surface area (Å²) in [4.78, 5) is 4.22. The molecular formula is C18H28F3N5O2SSi. The summed E-state index contributed by atoms with van der Waals surface area (Å²) in [6.07, 6.45) is -0.665. The van der Waals surface area contributed by atoms with Crippen LogP contribution in [0.5, 0.6) is 5.75 Å². The number of alkyl halides is 3. The molecule has 0 aliphatic carbocycles. The normalized spacial score (nSPS) is 15.1. The minimum atomic E-state index is -4.43. The van der Waals surface area contributed by atoms with E-state index >= 15 is 0 Å². The molecule has 0 fully saturated rings. The molecule has 2 aromatic rings. The molecule has 1 N–H and O–H groups in total. The van der Waals surface area contributed by atoms with Crippen LogP contribution in [0.1, 0.15) is 38.2 Å². The lowest BCUT2D eigenvalue weighted by atomic mass is 10.1. The first-order chi connectivity index (χ1) is 13.6. The maximum absolute atomic E-state index is 12.7. The molecule has 0 spiro atoms. The fraction of sp³-hybridized carbons (Fsp3) is 0.611. The van der Waals surface area contributed by atoms with Gasteiger partial charge in [0.25, 0.3) is 0 Å². The zero-order valence-corrected chi connectivity index (χ0v) is 19.8. The zero-order valence-electron chi connectivity index (χ0n) is 17.9. The van der Waals surface area contributed by atoms with Crippen molar-refractivity contribution in [3.63, 3.8) is 0 Å². The van der Waals surface area contributed by atoms with Crippen LogP contribution in [0.25, 0.3) is 0 Å². The van der Waals surface area contributed by atoms with E-state index in [-0.39, 0.29) is 5.75 Å². The van der Waals surface area contributed by atoms with Crippen molar-refractivity contribution in [1.82, 2.24) is 24.7 Å². The van der Waals surface area contributed by atoms with E-state index in [4.69, 9.17) is 4.74 Å². The number of hydrogen-bond acceptors (Lipinski definition) is 5. The first-order valence-electron chi connectivity index (χ1n) is 9.38. The van der Waals surface area contributed by atoms with E-state index in [2.05, 4.69) is 39.7 Å². The molecule has 0 amide bonds. The summed E-state index contributed by atoms with van der Waals surface area (Å²) in [5.41, 5.74) is 0.981. The fourth-order valence-electron chi connectivity index (χ4n) is 2.38. The lowest BCUT2D eigenvalue weighted by Gasteiger charge is -2.23. The third-order valence-corrected chi connectivity index (χ3v) is 6.56. The molecule has 0 aliphatic rings. The van der Waals surface area contributed by atoms with E-state index in [0.717, 1.165) is 6.17 Å². The number of nitrogens with zero attached hydrogens (tertiary/aromatic N) is 4. The largest absolute Gasteiger partial charge is 0.483 e. The molecule has 0 radical (unpaired) electrons. The van der Waals surface area contributed by atoms with Gasteiger partial charge in [0.05, 0.1) is 41.9 Å². The number of nitrogens with one attached hydrogen (secondary N) is 1. The number of ether oxygens (including phenoxy) is 1. The maximum Gasteiger partial charge on any atom is 0.422 e. The summed E-state index contributed by atoms with van der Waals surface area (Å²) in [6, 6.07) is 2.29. The van der Waals surface area contributed by atoms with Crippen molar-refractivity contribution in [2.75, 3.05) is 6.61 Å². The first kappa shape index (κ1) is 24.5. The van der Waals surface area contributed by atoms with E-state index in [9.17, 15) is 17.4 Å². The number of aromatic nitrogens is 4. The van der Waals surface area contributed by atoms with Gasteiger partial charge in [-0.25, -0.2) is 8.93 Å². The Kier molecular flexibility index (Phi) is 7.46. The summed E-state index contributed by atoms with van der Waals surface area (Å²) in [6.45, 7) is 10.7. The van der Waals surface area contributed by atoms with Gasteiger partial charge < -0.3 is 4.74 Å². The highest BCUT2D eigenvalue weighted by atomic mass is 32.2. The molecule has 30 heavy (non-hydrogen) atoms. The van der Waals surface area contributed by atoms with Crippen LogP contribution in [0.4, 0.5) is 13.2 Å². The number of hydrogen-bond donors (Lipinski definition) is 1. The highest BCUT2D eigenvalue weighted by Crippen LogP contribution is 2.24. The summed E-state index contributed by atoms with van der Waals surface area (Å²) < 4.78 is 58.7. The Hall–Kier alpha value is -1.79. The smallest absolute Gasteiger partial charge is 0.422 e. The second-order valence-corrected chi connectivity index (χ2v) is 16.6. The Morgan fingerprint density at radius 2 is 1.87 bits per heavy atom. The molecule has 1 unspecified atom stereocenters. The molecule has 0 aliphatic heterocycles. The Morgan fingerprint density at radius 1 is 1.20 bits per heavy atom. The van der Waals surface area contributed by atoms with Crippen molar-refractivity contribution in [2.24, 2.45) is 0 Å². The Bertz CT molecular complexity index is 860. The quantitative estimate of drug-likeness (QED) is 0.605. The molecule has 7 nitrogen and oxygen atoms in total. The summed E-state index contributed by atoms with van der Waals surface area (Å²) in [5.74, 6) is -0.00541. The van der Waals surface area contributed by atoms with Crippen molar-refractivity contribution in [3.05, 3.63) is 35.9 Å². The molecule has 2 atom stereocenters. The highest BCUT2D eigenvalue weighted by molar-refractivity contribution is 7.84. The standard InChI is InChI=1S/C18H28F3N5O2SSi/c1-17(2,3)29(27)24-16(15-10-26(25-23-15)12-30(4,5)6)14-8-7-13(9-22-14)28-11-18(19,20)21/h7-10,16,24H,11-12H2,1-6H3/t16-,29?/m1/s1. The predicted octanol–water partition coefficient (Wildman–Crippen LogP) is 3.63. The third-order valence-electron chi connectivity index (χ3n) is 3.73. The molecule has 2 heterocycles. The van der Waals surface area contributed by atoms with E-state index in [0.29, 0.717) is 11.4 Å². The van der Waals surface area contributed by atoms with Gasteiger partial charge in [0.15, 0.2) is 6.61 Å². The Labute approximate surface area is 178 Å². The summed E-state index contributed by atoms with van der Waals surface area (Å²) in [5, 5.41) is 8.40. The molecule has 2 rings (SSSR count). The Morgan fingerprint density at radius 3 is 2.37 bits per heavy atom. The topological polar surface area (TPSA) is 81.9 Å². The van der Waals surface area contributed by atoms with Gasteiger partial charge in [-0.2, -0.15) is 13.2 Å². The van der Waals surface area contributed by atoms with Crippen LogP contribution in [-0.4, -0.2) is 49.8 Å². The van der Waals surface area contributed by atoms with E-state index < -0.39 is 42.6 Å². The molecule has 0 saturated heterocycles. The van der Waals surface area contributed by atoms with Gasteiger partial charge in [0, 0.05) is 6.17 Å². The van der Waals surface area contributed by atoms with Gasteiger partial charge in [-0.15, -0.1) is 5.10 Å².